The van der Waals surface area contributed by atoms with Crippen molar-refractivity contribution in [2.75, 3.05) is 19.6 Å². The van der Waals surface area contributed by atoms with Crippen molar-refractivity contribution in [2.24, 2.45) is 11.3 Å². The molecule has 0 unspecified atom stereocenters. The number of alkyl carbamates (subject to hydrolysis) is 1. The summed E-state index contributed by atoms with van der Waals surface area (Å²) in [5.74, 6) is 1.04. The average molecular weight is 433 g/mol. The minimum atomic E-state index is -0.261. The predicted octanol–water partition coefficient (Wildman–Crippen LogP) is 5.92. The molecular weight excluding hydrogens is 396 g/mol. The lowest BCUT2D eigenvalue weighted by molar-refractivity contribution is -0.0348. The first-order valence-electron chi connectivity index (χ1n) is 12.2. The van der Waals surface area contributed by atoms with Crippen LogP contribution in [-0.4, -0.2) is 36.7 Å². The Labute approximate surface area is 192 Å². The Hall–Kier alpha value is -2.33. The molecule has 4 heteroatoms. The van der Waals surface area contributed by atoms with Gasteiger partial charge in [0.15, 0.2) is 0 Å². The van der Waals surface area contributed by atoms with Crippen molar-refractivity contribution in [3.63, 3.8) is 0 Å². The summed E-state index contributed by atoms with van der Waals surface area (Å²) in [4.78, 5) is 15.3. The van der Waals surface area contributed by atoms with E-state index < -0.39 is 0 Å². The zero-order valence-electron chi connectivity index (χ0n) is 19.9. The lowest BCUT2D eigenvalue weighted by Gasteiger charge is -2.44. The molecule has 1 aliphatic carbocycles. The van der Waals surface area contributed by atoms with Crippen molar-refractivity contribution in [1.29, 1.82) is 0 Å². The third kappa shape index (κ3) is 4.05. The number of carbonyl (C=O) groups excluding carboxylic acids is 1. The van der Waals surface area contributed by atoms with Gasteiger partial charge >= 0.3 is 6.09 Å². The molecule has 2 atom stereocenters. The predicted molar refractivity (Wildman–Crippen MR) is 129 cm³/mol. The molecule has 6 rings (SSSR count). The summed E-state index contributed by atoms with van der Waals surface area (Å²) >= 11 is 0. The number of amides is 1. The molecule has 3 fully saturated rings. The summed E-state index contributed by atoms with van der Waals surface area (Å²) in [6.07, 6.45) is 3.03. The van der Waals surface area contributed by atoms with Gasteiger partial charge in [0, 0.05) is 6.54 Å². The van der Waals surface area contributed by atoms with Crippen LogP contribution in [0.5, 0.6) is 0 Å². The molecule has 0 saturated carbocycles. The Morgan fingerprint density at radius 1 is 1.09 bits per heavy atom. The Morgan fingerprint density at radius 3 is 2.53 bits per heavy atom. The number of fused-ring (bicyclic) bond motifs is 4. The normalized spacial score (nSPS) is 27.9. The van der Waals surface area contributed by atoms with Gasteiger partial charge < -0.3 is 10.1 Å². The van der Waals surface area contributed by atoms with Crippen LogP contribution in [0.2, 0.25) is 0 Å². The summed E-state index contributed by atoms with van der Waals surface area (Å²) < 4.78 is 5.93. The zero-order valence-corrected chi connectivity index (χ0v) is 19.9. The molecule has 3 saturated heterocycles. The van der Waals surface area contributed by atoms with E-state index in [1.54, 1.807) is 0 Å². The van der Waals surface area contributed by atoms with E-state index in [1.807, 2.05) is 0 Å². The van der Waals surface area contributed by atoms with Gasteiger partial charge in [-0.3, -0.25) is 4.90 Å². The van der Waals surface area contributed by atoms with Crippen molar-refractivity contribution in [3.8, 4) is 11.1 Å². The number of ether oxygens (including phenoxy) is 1. The fraction of sp³-hybridized carbons (Fsp3) is 0.536. The molecule has 3 heterocycles. The third-order valence-electron chi connectivity index (χ3n) is 7.88. The molecule has 32 heavy (non-hydrogen) atoms. The van der Waals surface area contributed by atoms with Crippen molar-refractivity contribution in [2.45, 2.75) is 65.0 Å². The van der Waals surface area contributed by atoms with Crippen LogP contribution in [-0.2, 0) is 11.2 Å². The topological polar surface area (TPSA) is 41.6 Å². The van der Waals surface area contributed by atoms with Gasteiger partial charge in [-0.05, 0) is 77.4 Å². The van der Waals surface area contributed by atoms with Gasteiger partial charge in [-0.1, -0.05) is 70.2 Å². The molecule has 170 valence electrons. The Balaban J connectivity index is 1.33. The van der Waals surface area contributed by atoms with E-state index in [-0.39, 0.29) is 23.7 Å². The number of nitrogens with one attached hydrogen (secondary N) is 1. The first-order valence-corrected chi connectivity index (χ1v) is 12.2. The van der Waals surface area contributed by atoms with Crippen LogP contribution in [0.15, 0.2) is 42.5 Å². The molecule has 4 aliphatic rings. The maximum atomic E-state index is 12.9. The Morgan fingerprint density at radius 2 is 1.84 bits per heavy atom. The quantitative estimate of drug-likeness (QED) is 0.652. The second-order valence-corrected chi connectivity index (χ2v) is 11.0. The maximum Gasteiger partial charge on any atom is 0.407 e. The molecule has 2 aromatic rings. The fourth-order valence-corrected chi connectivity index (χ4v) is 5.92. The molecule has 4 nitrogen and oxygen atoms in total. The van der Waals surface area contributed by atoms with Crippen LogP contribution in [0.25, 0.3) is 11.1 Å². The summed E-state index contributed by atoms with van der Waals surface area (Å²) in [6.45, 7) is 12.1. The maximum absolute atomic E-state index is 12.9. The summed E-state index contributed by atoms with van der Waals surface area (Å²) in [6, 6.07) is 15.5. The average Bonchev–Trinajstić information content (AvgIpc) is 3.03. The number of hydrogen-bond acceptors (Lipinski definition) is 3. The fourth-order valence-electron chi connectivity index (χ4n) is 5.92. The van der Waals surface area contributed by atoms with Crippen molar-refractivity contribution < 1.29 is 9.53 Å². The number of benzene rings is 2. The van der Waals surface area contributed by atoms with E-state index in [2.05, 4.69) is 80.4 Å². The highest BCUT2D eigenvalue weighted by Crippen LogP contribution is 2.46. The summed E-state index contributed by atoms with van der Waals surface area (Å²) in [7, 11) is 0. The lowest BCUT2D eigenvalue weighted by Crippen LogP contribution is -2.53. The molecule has 0 aromatic heterocycles. The minimum Gasteiger partial charge on any atom is -0.445 e. The first-order chi connectivity index (χ1) is 15.3. The second kappa shape index (κ2) is 8.22. The molecule has 3 aliphatic heterocycles. The molecule has 1 N–H and O–H groups in total. The second-order valence-electron chi connectivity index (χ2n) is 11.0. The Bertz CT molecular complexity index is 1000. The van der Waals surface area contributed by atoms with Gasteiger partial charge in [-0.25, -0.2) is 4.79 Å². The standard InChI is InChI=1S/C28H36N2O2/c1-18(2)20-6-5-7-21(14-20)22-8-9-24-23(15-22)16-28(3,4)26(24)29-27(31)32-25-17-30-12-10-19(25)11-13-30/h5-9,14-15,18-19,25-26H,10-13,16-17H2,1-4H3,(H,29,31)/t25-,26-/m0/s1. The molecule has 0 radical (unpaired) electrons. The van der Waals surface area contributed by atoms with Crippen LogP contribution in [0.1, 0.15) is 69.2 Å². The zero-order chi connectivity index (χ0) is 22.5. The van der Waals surface area contributed by atoms with Gasteiger partial charge in [0.05, 0.1) is 6.04 Å². The van der Waals surface area contributed by atoms with Crippen molar-refractivity contribution >= 4 is 6.09 Å². The largest absolute Gasteiger partial charge is 0.445 e. The highest BCUT2D eigenvalue weighted by Gasteiger charge is 2.42. The van der Waals surface area contributed by atoms with Gasteiger partial charge in [-0.15, -0.1) is 0 Å². The molecular formula is C28H36N2O2. The van der Waals surface area contributed by atoms with Crippen LogP contribution >= 0.6 is 0 Å². The molecule has 0 spiro atoms. The first kappa shape index (κ1) is 21.5. The minimum absolute atomic E-state index is 0.0258. The van der Waals surface area contributed by atoms with E-state index in [9.17, 15) is 4.79 Å². The van der Waals surface area contributed by atoms with Crippen LogP contribution in [0.3, 0.4) is 0 Å². The number of hydrogen-bond donors (Lipinski definition) is 1. The van der Waals surface area contributed by atoms with Gasteiger partial charge in [0.25, 0.3) is 0 Å². The SMILES string of the molecule is CC(C)c1cccc(-c2ccc3c(c2)CC(C)(C)[C@H]3NC(=O)O[C@H]2CN3CCC2CC3)c1. The van der Waals surface area contributed by atoms with Crippen molar-refractivity contribution in [1.82, 2.24) is 10.2 Å². The van der Waals surface area contributed by atoms with E-state index >= 15 is 0 Å². The monoisotopic (exact) mass is 432 g/mol. The molecule has 2 aromatic carbocycles. The smallest absolute Gasteiger partial charge is 0.407 e. The molecule has 1 amide bonds. The number of piperidine rings is 3. The highest BCUT2D eigenvalue weighted by molar-refractivity contribution is 5.70. The van der Waals surface area contributed by atoms with Crippen LogP contribution in [0, 0.1) is 11.3 Å². The van der Waals surface area contributed by atoms with Crippen LogP contribution in [0.4, 0.5) is 4.79 Å². The van der Waals surface area contributed by atoms with Crippen LogP contribution < -0.4 is 5.32 Å². The Kier molecular flexibility index (Phi) is 5.53. The third-order valence-corrected chi connectivity index (χ3v) is 7.88. The van der Waals surface area contributed by atoms with E-state index in [4.69, 9.17) is 4.74 Å². The lowest BCUT2D eigenvalue weighted by atomic mass is 9.85. The number of rotatable bonds is 4. The summed E-state index contributed by atoms with van der Waals surface area (Å²) in [5, 5.41) is 3.24. The van der Waals surface area contributed by atoms with E-state index in [0.717, 1.165) is 38.9 Å². The van der Waals surface area contributed by atoms with E-state index in [0.29, 0.717) is 11.8 Å². The highest BCUT2D eigenvalue weighted by atomic mass is 16.6. The van der Waals surface area contributed by atoms with Gasteiger partial charge in [0.1, 0.15) is 6.10 Å². The number of nitrogens with zero attached hydrogens (tertiary/aromatic N) is 1. The number of carbonyl (C=O) groups is 1. The van der Waals surface area contributed by atoms with E-state index in [1.165, 1.54) is 27.8 Å². The van der Waals surface area contributed by atoms with Gasteiger partial charge in [-0.2, -0.15) is 0 Å². The molecule has 2 bridgehead atoms. The van der Waals surface area contributed by atoms with Gasteiger partial charge in [0.2, 0.25) is 0 Å². The summed E-state index contributed by atoms with van der Waals surface area (Å²) in [5.41, 5.74) is 6.38. The van der Waals surface area contributed by atoms with Crippen molar-refractivity contribution in [3.05, 3.63) is 59.2 Å².